The van der Waals surface area contributed by atoms with E-state index in [4.69, 9.17) is 11.6 Å². The van der Waals surface area contributed by atoms with Gasteiger partial charge in [-0.2, -0.15) is 0 Å². The molecule has 0 nitrogen and oxygen atoms in total. The predicted molar refractivity (Wildman–Crippen MR) is 32.4 cm³/mol. The molecule has 40 valence electrons. The maximum Gasteiger partial charge on any atom is 0.0223 e. The number of hydrogen-bond donors (Lipinski definition) is 0. The summed E-state index contributed by atoms with van der Waals surface area (Å²) in [6, 6.07) is 0. The Morgan fingerprint density at radius 1 is 1.50 bits per heavy atom. The van der Waals surface area contributed by atoms with Gasteiger partial charge in [0.2, 0.25) is 0 Å². The van der Waals surface area contributed by atoms with Crippen LogP contribution < -0.4 is 0 Å². The lowest BCUT2D eigenvalue weighted by atomic mass is 10.4. The quantitative estimate of drug-likeness (QED) is 0.477. The largest absolute Gasteiger partial charge is 0.127 e. The van der Waals surface area contributed by atoms with E-state index < -0.39 is 0 Å². The molecule has 0 heterocycles. The highest BCUT2D eigenvalue weighted by Crippen LogP contribution is 1.86. The van der Waals surface area contributed by atoms with Gasteiger partial charge in [-0.05, 0) is 6.42 Å². The van der Waals surface area contributed by atoms with Crippen molar-refractivity contribution in [1.29, 1.82) is 0 Å². The van der Waals surface area contributed by atoms with Crippen LogP contribution in [0.1, 0.15) is 27.2 Å². The molecule has 0 aromatic carbocycles. The van der Waals surface area contributed by atoms with Gasteiger partial charge in [-0.3, -0.25) is 0 Å². The van der Waals surface area contributed by atoms with Crippen LogP contribution in [0.2, 0.25) is 0 Å². The molecule has 0 bridgehead atoms. The van der Waals surface area contributed by atoms with Crippen molar-refractivity contribution in [1.82, 2.24) is 0 Å². The molecule has 0 amide bonds. The van der Waals surface area contributed by atoms with Crippen molar-refractivity contribution in [3.05, 3.63) is 0 Å². The van der Waals surface area contributed by atoms with Crippen LogP contribution >= 0.6 is 11.6 Å². The van der Waals surface area contributed by atoms with Crippen LogP contribution in [0.15, 0.2) is 0 Å². The van der Waals surface area contributed by atoms with Crippen molar-refractivity contribution in [2.75, 3.05) is 5.88 Å². The average Bonchev–Trinajstić information content (AvgIpc) is 1.41. The van der Waals surface area contributed by atoms with Gasteiger partial charge in [0.05, 0.1) is 0 Å². The molecular formula is C5H13Cl. The lowest BCUT2D eigenvalue weighted by molar-refractivity contribution is 0.892. The van der Waals surface area contributed by atoms with Crippen molar-refractivity contribution in [3.63, 3.8) is 0 Å². The summed E-state index contributed by atoms with van der Waals surface area (Å²) in [5, 5.41) is 0. The Hall–Kier alpha value is 0.290. The molecular weight excluding hydrogens is 95.5 g/mol. The number of hydrogen-bond acceptors (Lipinski definition) is 0. The second kappa shape index (κ2) is 8.99. The first-order valence-electron chi connectivity index (χ1n) is 1.97. The lowest BCUT2D eigenvalue weighted by Gasteiger charge is -1.77. The van der Waals surface area contributed by atoms with Crippen LogP contribution in [-0.4, -0.2) is 5.88 Å². The highest BCUT2D eigenvalue weighted by molar-refractivity contribution is 6.17. The first-order chi connectivity index (χ1) is 2.41. The zero-order chi connectivity index (χ0) is 4.12. The molecule has 0 aromatic heterocycles. The molecule has 0 aliphatic heterocycles. The van der Waals surface area contributed by atoms with E-state index in [0.717, 1.165) is 12.3 Å². The summed E-state index contributed by atoms with van der Waals surface area (Å²) in [6.07, 6.45) is 2.37. The van der Waals surface area contributed by atoms with E-state index in [9.17, 15) is 0 Å². The van der Waals surface area contributed by atoms with E-state index >= 15 is 0 Å². The minimum Gasteiger partial charge on any atom is -0.127 e. The average molecular weight is 109 g/mol. The first-order valence-corrected chi connectivity index (χ1v) is 2.51. The zero-order valence-corrected chi connectivity index (χ0v) is 4.26. The molecule has 0 rings (SSSR count). The summed E-state index contributed by atoms with van der Waals surface area (Å²) >= 11 is 5.30. The Labute approximate surface area is 45.5 Å². The summed E-state index contributed by atoms with van der Waals surface area (Å²) in [5.41, 5.74) is 0. The molecule has 0 aromatic rings. The maximum absolute atomic E-state index is 5.30. The van der Waals surface area contributed by atoms with Gasteiger partial charge in [-0.1, -0.05) is 20.8 Å². The molecule has 1 heteroatoms. The Morgan fingerprint density at radius 2 is 2.00 bits per heavy atom. The topological polar surface area (TPSA) is 0 Å². The Morgan fingerprint density at radius 3 is 2.00 bits per heavy atom. The van der Waals surface area contributed by atoms with Crippen LogP contribution in [0.3, 0.4) is 0 Å². The van der Waals surface area contributed by atoms with E-state index in [-0.39, 0.29) is 7.43 Å². The Kier molecular flexibility index (Phi) is 14.3. The highest BCUT2D eigenvalue weighted by Gasteiger charge is 1.70. The molecule has 6 heavy (non-hydrogen) atoms. The number of rotatable bonds is 2. The standard InChI is InChI=1S/C4H9Cl.CH4/c1-2-3-4-5;/h2-4H2,1H3;1H4. The van der Waals surface area contributed by atoms with Gasteiger partial charge in [-0.15, -0.1) is 11.6 Å². The monoisotopic (exact) mass is 108 g/mol. The summed E-state index contributed by atoms with van der Waals surface area (Å²) < 4.78 is 0. The SMILES string of the molecule is C.CCCCCl. The van der Waals surface area contributed by atoms with Crippen molar-refractivity contribution in [2.45, 2.75) is 27.2 Å². The van der Waals surface area contributed by atoms with Gasteiger partial charge in [-0.25, -0.2) is 0 Å². The Bertz CT molecular complexity index is 11.4. The van der Waals surface area contributed by atoms with Gasteiger partial charge < -0.3 is 0 Å². The van der Waals surface area contributed by atoms with Gasteiger partial charge in [0.1, 0.15) is 0 Å². The van der Waals surface area contributed by atoms with Crippen LogP contribution in [-0.2, 0) is 0 Å². The van der Waals surface area contributed by atoms with E-state index in [2.05, 4.69) is 6.92 Å². The summed E-state index contributed by atoms with van der Waals surface area (Å²) in [6.45, 7) is 2.13. The normalized spacial score (nSPS) is 7.00. The number of alkyl halides is 1. The summed E-state index contributed by atoms with van der Waals surface area (Å²) in [4.78, 5) is 0. The Balaban J connectivity index is 0. The van der Waals surface area contributed by atoms with Crippen LogP contribution in [0.5, 0.6) is 0 Å². The number of halogens is 1. The molecule has 0 spiro atoms. The van der Waals surface area contributed by atoms with E-state index in [1.54, 1.807) is 0 Å². The van der Waals surface area contributed by atoms with Gasteiger partial charge in [0.15, 0.2) is 0 Å². The van der Waals surface area contributed by atoms with Crippen LogP contribution in [0, 0.1) is 0 Å². The van der Waals surface area contributed by atoms with Gasteiger partial charge in [0.25, 0.3) is 0 Å². The van der Waals surface area contributed by atoms with Crippen molar-refractivity contribution >= 4 is 11.6 Å². The maximum atomic E-state index is 5.30. The van der Waals surface area contributed by atoms with Gasteiger partial charge >= 0.3 is 0 Å². The predicted octanol–water partition coefficient (Wildman–Crippen LogP) is 2.66. The second-order valence-electron chi connectivity index (χ2n) is 1.04. The molecule has 0 fully saturated rings. The molecule has 0 N–H and O–H groups in total. The fourth-order valence-electron chi connectivity index (χ4n) is 0.134. The van der Waals surface area contributed by atoms with E-state index in [0.29, 0.717) is 0 Å². The smallest absolute Gasteiger partial charge is 0.0223 e. The van der Waals surface area contributed by atoms with Crippen LogP contribution in [0.4, 0.5) is 0 Å². The van der Waals surface area contributed by atoms with E-state index in [1.165, 1.54) is 6.42 Å². The number of unbranched alkanes of at least 4 members (excludes halogenated alkanes) is 1. The minimum atomic E-state index is 0. The molecule has 0 radical (unpaired) electrons. The molecule has 0 aliphatic rings. The van der Waals surface area contributed by atoms with Crippen molar-refractivity contribution in [3.8, 4) is 0 Å². The molecule has 0 atom stereocenters. The summed E-state index contributed by atoms with van der Waals surface area (Å²) in [7, 11) is 0. The first kappa shape index (κ1) is 9.56. The van der Waals surface area contributed by atoms with Crippen LogP contribution in [0.25, 0.3) is 0 Å². The fourth-order valence-corrected chi connectivity index (χ4v) is 0.401. The third-order valence-corrected chi connectivity index (χ3v) is 0.754. The van der Waals surface area contributed by atoms with Crippen molar-refractivity contribution in [2.24, 2.45) is 0 Å². The highest BCUT2D eigenvalue weighted by atomic mass is 35.5. The molecule has 0 unspecified atom stereocenters. The molecule has 0 saturated heterocycles. The lowest BCUT2D eigenvalue weighted by Crippen LogP contribution is -1.65. The second-order valence-corrected chi connectivity index (χ2v) is 1.42. The van der Waals surface area contributed by atoms with Crippen molar-refractivity contribution < 1.29 is 0 Å². The summed E-state index contributed by atoms with van der Waals surface area (Å²) in [5.74, 6) is 0.816. The third-order valence-electron chi connectivity index (χ3n) is 0.487. The fraction of sp³-hybridized carbons (Fsp3) is 1.00. The minimum absolute atomic E-state index is 0. The van der Waals surface area contributed by atoms with Gasteiger partial charge in [0, 0.05) is 5.88 Å². The molecule has 0 saturated carbocycles. The zero-order valence-electron chi connectivity index (χ0n) is 3.50. The molecule has 0 aliphatic carbocycles. The van der Waals surface area contributed by atoms with E-state index in [1.807, 2.05) is 0 Å². The third kappa shape index (κ3) is 8.85.